The van der Waals surface area contributed by atoms with Gasteiger partial charge in [-0.25, -0.2) is 0 Å². The summed E-state index contributed by atoms with van der Waals surface area (Å²) < 4.78 is 16.8. The maximum absolute atomic E-state index is 5.76. The second-order valence-corrected chi connectivity index (χ2v) is 7.70. The third-order valence-electron chi connectivity index (χ3n) is 5.82. The first-order valence-corrected chi connectivity index (χ1v) is 10.5. The lowest BCUT2D eigenvalue weighted by Gasteiger charge is -2.32. The summed E-state index contributed by atoms with van der Waals surface area (Å²) in [5.74, 6) is 1.74. The Kier molecular flexibility index (Phi) is 6.45. The predicted octanol–water partition coefficient (Wildman–Crippen LogP) is 3.52. The maximum atomic E-state index is 5.76. The SMILES string of the molecule is CNCCOc1ccc(C2C=C(N3CCC(OC)C3)c3ccc(OC)cc3N2)cc1. The Morgan fingerprint density at radius 1 is 1.10 bits per heavy atom. The third kappa shape index (κ3) is 4.40. The molecule has 1 saturated heterocycles. The van der Waals surface area contributed by atoms with E-state index in [0.29, 0.717) is 6.61 Å². The number of anilines is 1. The quantitative estimate of drug-likeness (QED) is 0.651. The molecule has 6 nitrogen and oxygen atoms in total. The minimum atomic E-state index is 0.0764. The van der Waals surface area contributed by atoms with E-state index >= 15 is 0 Å². The van der Waals surface area contributed by atoms with Crippen LogP contribution in [-0.4, -0.2) is 58.5 Å². The Balaban J connectivity index is 1.61. The highest BCUT2D eigenvalue weighted by atomic mass is 16.5. The summed E-state index contributed by atoms with van der Waals surface area (Å²) in [6.45, 7) is 3.40. The van der Waals surface area contributed by atoms with Gasteiger partial charge in [-0.1, -0.05) is 12.1 Å². The Labute approximate surface area is 178 Å². The molecular formula is C24H31N3O3. The minimum Gasteiger partial charge on any atom is -0.497 e. The lowest BCUT2D eigenvalue weighted by atomic mass is 9.96. The summed E-state index contributed by atoms with van der Waals surface area (Å²) in [5.41, 5.74) is 4.75. The van der Waals surface area contributed by atoms with Crippen LogP contribution < -0.4 is 20.1 Å². The molecule has 2 aromatic rings. The van der Waals surface area contributed by atoms with Gasteiger partial charge < -0.3 is 29.7 Å². The van der Waals surface area contributed by atoms with Crippen LogP contribution in [0.3, 0.4) is 0 Å². The van der Waals surface area contributed by atoms with Crippen LogP contribution in [0.2, 0.25) is 0 Å². The molecule has 2 atom stereocenters. The van der Waals surface area contributed by atoms with Crippen LogP contribution in [0.1, 0.15) is 23.6 Å². The summed E-state index contributed by atoms with van der Waals surface area (Å²) in [5, 5.41) is 6.77. The molecule has 6 heteroatoms. The molecule has 0 radical (unpaired) electrons. The zero-order valence-electron chi connectivity index (χ0n) is 18.0. The van der Waals surface area contributed by atoms with Gasteiger partial charge >= 0.3 is 0 Å². The van der Waals surface area contributed by atoms with E-state index in [4.69, 9.17) is 14.2 Å². The van der Waals surface area contributed by atoms with Crippen molar-refractivity contribution in [2.24, 2.45) is 0 Å². The van der Waals surface area contributed by atoms with Crippen LogP contribution in [0.4, 0.5) is 5.69 Å². The van der Waals surface area contributed by atoms with E-state index < -0.39 is 0 Å². The van der Waals surface area contributed by atoms with Crippen LogP contribution in [0.15, 0.2) is 48.5 Å². The number of fused-ring (bicyclic) bond motifs is 1. The fourth-order valence-electron chi connectivity index (χ4n) is 4.09. The first kappa shape index (κ1) is 20.6. The standard InChI is InChI=1S/C24H31N3O3/c1-25-11-13-30-18-6-4-17(5-7-18)22-15-24(27-12-10-20(16-27)29-3)21-9-8-19(28-2)14-23(21)26-22/h4-9,14-15,20,22,25-26H,10-13,16H2,1-3H3. The van der Waals surface area contributed by atoms with Gasteiger partial charge in [0.05, 0.1) is 19.3 Å². The van der Waals surface area contributed by atoms with Gasteiger partial charge in [0.2, 0.25) is 0 Å². The molecule has 2 aliphatic rings. The van der Waals surface area contributed by atoms with Gasteiger partial charge in [-0.15, -0.1) is 0 Å². The number of ether oxygens (including phenoxy) is 3. The van der Waals surface area contributed by atoms with Crippen molar-refractivity contribution in [3.63, 3.8) is 0 Å². The molecule has 30 heavy (non-hydrogen) atoms. The molecule has 160 valence electrons. The first-order chi connectivity index (χ1) is 14.7. The highest BCUT2D eigenvalue weighted by Gasteiger charge is 2.29. The average Bonchev–Trinajstić information content (AvgIpc) is 3.28. The van der Waals surface area contributed by atoms with Crippen LogP contribution in [-0.2, 0) is 4.74 Å². The lowest BCUT2D eigenvalue weighted by Crippen LogP contribution is -2.26. The summed E-state index contributed by atoms with van der Waals surface area (Å²) in [7, 11) is 5.43. The Morgan fingerprint density at radius 3 is 2.60 bits per heavy atom. The van der Waals surface area contributed by atoms with Gasteiger partial charge in [0.15, 0.2) is 0 Å². The molecule has 0 amide bonds. The van der Waals surface area contributed by atoms with Crippen LogP contribution in [0.25, 0.3) is 5.70 Å². The van der Waals surface area contributed by atoms with Gasteiger partial charge in [0.25, 0.3) is 0 Å². The summed E-state index contributed by atoms with van der Waals surface area (Å²) in [6.07, 6.45) is 3.66. The number of benzene rings is 2. The number of likely N-dealkylation sites (tertiary alicyclic amines) is 1. The molecule has 0 spiro atoms. The van der Waals surface area contributed by atoms with E-state index in [0.717, 1.165) is 43.2 Å². The molecule has 4 rings (SSSR count). The normalized spacial score (nSPS) is 20.4. The van der Waals surface area contributed by atoms with Crippen molar-refractivity contribution >= 4 is 11.4 Å². The van der Waals surface area contributed by atoms with Gasteiger partial charge in [-0.3, -0.25) is 0 Å². The Bertz CT molecular complexity index is 882. The van der Waals surface area contributed by atoms with Crippen LogP contribution in [0, 0.1) is 0 Å². The smallest absolute Gasteiger partial charge is 0.120 e. The molecule has 2 heterocycles. The number of hydrogen-bond donors (Lipinski definition) is 2. The lowest BCUT2D eigenvalue weighted by molar-refractivity contribution is 0.113. The molecule has 2 N–H and O–H groups in total. The topological polar surface area (TPSA) is 55.0 Å². The minimum absolute atomic E-state index is 0.0764. The van der Waals surface area contributed by atoms with Crippen molar-refractivity contribution in [1.82, 2.24) is 10.2 Å². The highest BCUT2D eigenvalue weighted by molar-refractivity contribution is 5.80. The fraction of sp³-hybridized carbons (Fsp3) is 0.417. The van der Waals surface area contributed by atoms with E-state index in [1.165, 1.54) is 16.8 Å². The van der Waals surface area contributed by atoms with Crippen LogP contribution >= 0.6 is 0 Å². The molecular weight excluding hydrogens is 378 g/mol. The number of hydrogen-bond acceptors (Lipinski definition) is 6. The number of rotatable bonds is 8. The number of nitrogens with zero attached hydrogens (tertiary/aromatic N) is 1. The second-order valence-electron chi connectivity index (χ2n) is 7.70. The van der Waals surface area contributed by atoms with Gasteiger partial charge in [-0.2, -0.15) is 0 Å². The van der Waals surface area contributed by atoms with E-state index in [-0.39, 0.29) is 12.1 Å². The molecule has 0 bridgehead atoms. The van der Waals surface area contributed by atoms with Crippen LogP contribution in [0.5, 0.6) is 11.5 Å². The van der Waals surface area contributed by atoms with Crippen molar-refractivity contribution in [2.75, 3.05) is 52.8 Å². The fourth-order valence-corrected chi connectivity index (χ4v) is 4.09. The third-order valence-corrected chi connectivity index (χ3v) is 5.82. The molecule has 2 aromatic carbocycles. The number of likely N-dealkylation sites (N-methyl/N-ethyl adjacent to an activating group) is 1. The largest absolute Gasteiger partial charge is 0.497 e. The average molecular weight is 410 g/mol. The Hall–Kier alpha value is -2.70. The number of nitrogens with one attached hydrogen (secondary N) is 2. The molecule has 0 aliphatic carbocycles. The predicted molar refractivity (Wildman–Crippen MR) is 120 cm³/mol. The zero-order chi connectivity index (χ0) is 20.9. The number of methoxy groups -OCH3 is 2. The monoisotopic (exact) mass is 409 g/mol. The molecule has 2 unspecified atom stereocenters. The molecule has 0 aromatic heterocycles. The molecule has 0 saturated carbocycles. The van der Waals surface area contributed by atoms with Gasteiger partial charge in [0, 0.05) is 49.8 Å². The molecule has 2 aliphatic heterocycles. The van der Waals surface area contributed by atoms with Crippen molar-refractivity contribution < 1.29 is 14.2 Å². The highest BCUT2D eigenvalue weighted by Crippen LogP contribution is 2.40. The van der Waals surface area contributed by atoms with E-state index in [2.05, 4.69) is 45.9 Å². The summed E-state index contributed by atoms with van der Waals surface area (Å²) in [4.78, 5) is 2.43. The van der Waals surface area contributed by atoms with Crippen molar-refractivity contribution in [3.05, 3.63) is 59.7 Å². The maximum Gasteiger partial charge on any atom is 0.120 e. The first-order valence-electron chi connectivity index (χ1n) is 10.5. The molecule has 1 fully saturated rings. The van der Waals surface area contributed by atoms with Crippen molar-refractivity contribution in [3.8, 4) is 11.5 Å². The van der Waals surface area contributed by atoms with Crippen molar-refractivity contribution in [2.45, 2.75) is 18.6 Å². The second kappa shape index (κ2) is 9.41. The van der Waals surface area contributed by atoms with E-state index in [1.807, 2.05) is 25.2 Å². The summed E-state index contributed by atoms with van der Waals surface area (Å²) >= 11 is 0. The van der Waals surface area contributed by atoms with Crippen molar-refractivity contribution in [1.29, 1.82) is 0 Å². The van der Waals surface area contributed by atoms with Gasteiger partial charge in [0.1, 0.15) is 18.1 Å². The van der Waals surface area contributed by atoms with E-state index in [9.17, 15) is 0 Å². The van der Waals surface area contributed by atoms with E-state index in [1.54, 1.807) is 14.2 Å². The summed E-state index contributed by atoms with van der Waals surface area (Å²) in [6, 6.07) is 14.7. The van der Waals surface area contributed by atoms with Gasteiger partial charge in [-0.05, 0) is 49.4 Å². The zero-order valence-corrected chi connectivity index (χ0v) is 18.0. The Morgan fingerprint density at radius 2 is 1.90 bits per heavy atom.